The fraction of sp³-hybridized carbons (Fsp3) is 0. The van der Waals surface area contributed by atoms with Crippen molar-refractivity contribution in [3.8, 4) is 67.5 Å². The summed E-state index contributed by atoms with van der Waals surface area (Å²) in [7, 11) is 0. The molecule has 2 heterocycles. The van der Waals surface area contributed by atoms with Crippen LogP contribution in [-0.2, 0) is 0 Å². The Morgan fingerprint density at radius 3 is 1.33 bits per heavy atom. The number of aromatic nitrogens is 4. The zero-order valence-electron chi connectivity index (χ0n) is 31.4. The largest absolute Gasteiger partial charge is 0.256 e. The molecule has 4 heteroatoms. The number of pyridine rings is 1. The molecule has 0 N–H and O–H groups in total. The zero-order chi connectivity index (χ0) is 38.4. The van der Waals surface area contributed by atoms with Crippen LogP contribution in [0.5, 0.6) is 0 Å². The lowest BCUT2D eigenvalue weighted by Gasteiger charge is -2.12. The van der Waals surface area contributed by atoms with Crippen molar-refractivity contribution in [1.82, 2.24) is 19.9 Å². The van der Waals surface area contributed by atoms with E-state index in [2.05, 4.69) is 164 Å². The first kappa shape index (κ1) is 33.5. The Balaban J connectivity index is 0.971. The van der Waals surface area contributed by atoms with Gasteiger partial charge in [0.25, 0.3) is 0 Å². The van der Waals surface area contributed by atoms with E-state index < -0.39 is 0 Å². The van der Waals surface area contributed by atoms with Crippen LogP contribution in [0.1, 0.15) is 0 Å². The molecule has 0 aliphatic carbocycles. The van der Waals surface area contributed by atoms with Gasteiger partial charge in [-0.05, 0) is 90.5 Å². The highest BCUT2D eigenvalue weighted by molar-refractivity contribution is 6.25. The van der Waals surface area contributed by atoms with Gasteiger partial charge in [0, 0.05) is 33.8 Å². The van der Waals surface area contributed by atoms with Crippen molar-refractivity contribution in [2.24, 2.45) is 0 Å². The third kappa shape index (κ3) is 6.05. The highest BCUT2D eigenvalue weighted by Crippen LogP contribution is 2.38. The fourth-order valence-electron chi connectivity index (χ4n) is 8.19. The van der Waals surface area contributed by atoms with Crippen molar-refractivity contribution >= 4 is 43.2 Å². The molecule has 0 saturated carbocycles. The maximum atomic E-state index is 5.06. The molecule has 0 bridgehead atoms. The van der Waals surface area contributed by atoms with Crippen LogP contribution in [0.15, 0.2) is 206 Å². The maximum Gasteiger partial charge on any atom is 0.164 e. The van der Waals surface area contributed by atoms with Crippen molar-refractivity contribution in [3.05, 3.63) is 206 Å². The zero-order valence-corrected chi connectivity index (χ0v) is 31.4. The molecule has 0 fully saturated rings. The summed E-state index contributed by atoms with van der Waals surface area (Å²) in [6, 6.07) is 70.4. The topological polar surface area (TPSA) is 51.6 Å². The summed E-state index contributed by atoms with van der Waals surface area (Å²) in [6.45, 7) is 0. The van der Waals surface area contributed by atoms with Crippen molar-refractivity contribution in [2.45, 2.75) is 0 Å². The highest BCUT2D eigenvalue weighted by atomic mass is 15.0. The standard InChI is InChI=1S/C54H34N4/c1-3-12-35(13-4-1)36-22-24-38(25-23-36)53-56-52(37-14-5-2-6-15-37)57-54(58-53)42-17-11-16-39(30-42)40-27-29-51-43(31-40)32-44(34-55-51)41-26-28-49-47-20-8-7-18-45(47)46-19-9-10-21-48(46)50(49)33-41/h1-34H. The molecule has 9 aromatic carbocycles. The molecule has 11 aromatic rings. The summed E-state index contributed by atoms with van der Waals surface area (Å²) in [5.74, 6) is 1.89. The Hall–Kier alpha value is -7.82. The molecule has 0 aliphatic heterocycles. The van der Waals surface area contributed by atoms with Crippen molar-refractivity contribution in [3.63, 3.8) is 0 Å². The normalized spacial score (nSPS) is 11.4. The summed E-state index contributed by atoms with van der Waals surface area (Å²) in [4.78, 5) is 20.0. The first-order chi connectivity index (χ1) is 28.7. The summed E-state index contributed by atoms with van der Waals surface area (Å²) in [6.07, 6.45) is 1.99. The fourth-order valence-corrected chi connectivity index (χ4v) is 8.19. The van der Waals surface area contributed by atoms with Crippen LogP contribution in [0.4, 0.5) is 0 Å². The smallest absolute Gasteiger partial charge is 0.164 e. The van der Waals surface area contributed by atoms with Gasteiger partial charge in [0.15, 0.2) is 17.5 Å². The van der Waals surface area contributed by atoms with E-state index in [-0.39, 0.29) is 0 Å². The average molecular weight is 739 g/mol. The monoisotopic (exact) mass is 738 g/mol. The van der Waals surface area contributed by atoms with E-state index in [0.717, 1.165) is 55.4 Å². The van der Waals surface area contributed by atoms with Crippen LogP contribution >= 0.6 is 0 Å². The van der Waals surface area contributed by atoms with E-state index in [1.165, 1.54) is 37.9 Å². The van der Waals surface area contributed by atoms with Crippen molar-refractivity contribution < 1.29 is 0 Å². The molecule has 0 saturated heterocycles. The number of hydrogen-bond donors (Lipinski definition) is 0. The molecule has 0 aliphatic rings. The second-order valence-electron chi connectivity index (χ2n) is 14.7. The van der Waals surface area contributed by atoms with Gasteiger partial charge >= 0.3 is 0 Å². The van der Waals surface area contributed by atoms with Crippen LogP contribution in [0.25, 0.3) is 111 Å². The molecule has 11 rings (SSSR count). The first-order valence-corrected chi connectivity index (χ1v) is 19.5. The van der Waals surface area contributed by atoms with E-state index in [1.54, 1.807) is 0 Å². The predicted octanol–water partition coefficient (Wildman–Crippen LogP) is 13.9. The van der Waals surface area contributed by atoms with Crippen molar-refractivity contribution in [2.75, 3.05) is 0 Å². The quantitative estimate of drug-likeness (QED) is 0.159. The molecule has 2 aromatic heterocycles. The van der Waals surface area contributed by atoms with Crippen molar-refractivity contribution in [1.29, 1.82) is 0 Å². The Labute approximate surface area is 335 Å². The second-order valence-corrected chi connectivity index (χ2v) is 14.7. The Kier molecular flexibility index (Phi) is 8.11. The molecule has 270 valence electrons. The molecule has 0 atom stereocenters. The van der Waals surface area contributed by atoms with Crippen LogP contribution in [-0.4, -0.2) is 19.9 Å². The number of hydrogen-bond acceptors (Lipinski definition) is 4. The summed E-state index contributed by atoms with van der Waals surface area (Å²) < 4.78 is 0. The van der Waals surface area contributed by atoms with Gasteiger partial charge in [-0.2, -0.15) is 0 Å². The third-order valence-electron chi connectivity index (χ3n) is 11.1. The number of nitrogens with zero attached hydrogens (tertiary/aromatic N) is 4. The van der Waals surface area contributed by atoms with E-state index >= 15 is 0 Å². The van der Waals surface area contributed by atoms with Gasteiger partial charge in [-0.25, -0.2) is 15.0 Å². The maximum absolute atomic E-state index is 5.06. The molecule has 0 radical (unpaired) electrons. The third-order valence-corrected chi connectivity index (χ3v) is 11.1. The first-order valence-electron chi connectivity index (χ1n) is 19.5. The van der Waals surface area contributed by atoms with Gasteiger partial charge in [0.05, 0.1) is 5.52 Å². The number of fused-ring (bicyclic) bond motifs is 7. The lowest BCUT2D eigenvalue weighted by atomic mass is 9.92. The molecule has 0 spiro atoms. The molecular formula is C54H34N4. The predicted molar refractivity (Wildman–Crippen MR) is 240 cm³/mol. The van der Waals surface area contributed by atoms with Crippen LogP contribution < -0.4 is 0 Å². The molecular weight excluding hydrogens is 705 g/mol. The number of benzene rings is 9. The Morgan fingerprint density at radius 1 is 0.241 bits per heavy atom. The SMILES string of the molecule is c1ccc(-c2ccc(-c3nc(-c4ccccc4)nc(-c4cccc(-c5ccc6ncc(-c7ccc8c9ccccc9c9ccccc9c8c7)cc6c5)c4)n3)cc2)cc1. The van der Waals surface area contributed by atoms with Gasteiger partial charge in [-0.15, -0.1) is 0 Å². The van der Waals surface area contributed by atoms with Crippen LogP contribution in [0.3, 0.4) is 0 Å². The van der Waals surface area contributed by atoms with E-state index in [9.17, 15) is 0 Å². The average Bonchev–Trinajstić information content (AvgIpc) is 3.31. The van der Waals surface area contributed by atoms with E-state index in [0.29, 0.717) is 17.5 Å². The summed E-state index contributed by atoms with van der Waals surface area (Å²) in [5.41, 5.74) is 10.5. The van der Waals surface area contributed by atoms with E-state index in [1.807, 2.05) is 42.6 Å². The molecule has 0 amide bonds. The number of rotatable bonds is 6. The summed E-state index contributed by atoms with van der Waals surface area (Å²) in [5, 5.41) is 8.67. The van der Waals surface area contributed by atoms with Crippen LogP contribution in [0.2, 0.25) is 0 Å². The second kappa shape index (κ2) is 14.0. The van der Waals surface area contributed by atoms with Crippen LogP contribution in [0, 0.1) is 0 Å². The molecule has 0 unspecified atom stereocenters. The minimum absolute atomic E-state index is 0.624. The minimum atomic E-state index is 0.624. The molecule has 58 heavy (non-hydrogen) atoms. The Bertz CT molecular complexity index is 3290. The summed E-state index contributed by atoms with van der Waals surface area (Å²) >= 11 is 0. The lowest BCUT2D eigenvalue weighted by Crippen LogP contribution is -2.00. The lowest BCUT2D eigenvalue weighted by molar-refractivity contribution is 1.07. The molecule has 4 nitrogen and oxygen atoms in total. The van der Waals surface area contributed by atoms with Gasteiger partial charge in [-0.1, -0.05) is 170 Å². The highest BCUT2D eigenvalue weighted by Gasteiger charge is 2.15. The van der Waals surface area contributed by atoms with E-state index in [4.69, 9.17) is 19.9 Å². The van der Waals surface area contributed by atoms with Gasteiger partial charge in [0.2, 0.25) is 0 Å². The van der Waals surface area contributed by atoms with Gasteiger partial charge < -0.3 is 0 Å². The van der Waals surface area contributed by atoms with Gasteiger partial charge in [-0.3, -0.25) is 4.98 Å². The van der Waals surface area contributed by atoms with Gasteiger partial charge in [0.1, 0.15) is 0 Å². The minimum Gasteiger partial charge on any atom is -0.256 e. The Morgan fingerprint density at radius 2 is 0.655 bits per heavy atom.